The first-order valence-electron chi connectivity index (χ1n) is 8.03. The van der Waals surface area contributed by atoms with E-state index in [9.17, 15) is 9.59 Å². The maximum absolute atomic E-state index is 12.5. The Labute approximate surface area is 150 Å². The number of amides is 2. The van der Waals surface area contributed by atoms with E-state index in [1.54, 1.807) is 25.1 Å². The minimum absolute atomic E-state index is 0.110. The first kappa shape index (κ1) is 17.3. The lowest BCUT2D eigenvalue weighted by molar-refractivity contribution is 0.101. The second-order valence-corrected chi connectivity index (χ2v) is 5.96. The fourth-order valence-electron chi connectivity index (χ4n) is 2.35. The van der Waals surface area contributed by atoms with Gasteiger partial charge in [0.05, 0.1) is 0 Å². The number of carbonyl (C=O) groups is 2. The van der Waals surface area contributed by atoms with Crippen molar-refractivity contribution in [2.45, 2.75) is 20.8 Å². The van der Waals surface area contributed by atoms with Crippen LogP contribution in [0.4, 0.5) is 11.5 Å². The molecule has 0 saturated heterocycles. The summed E-state index contributed by atoms with van der Waals surface area (Å²) in [5, 5.41) is 9.10. The van der Waals surface area contributed by atoms with Crippen molar-refractivity contribution < 1.29 is 14.1 Å². The third-order valence-electron chi connectivity index (χ3n) is 3.73. The molecule has 0 spiro atoms. The number of aromatic nitrogens is 2. The lowest BCUT2D eigenvalue weighted by Crippen LogP contribution is -2.19. The highest BCUT2D eigenvalue weighted by Crippen LogP contribution is 2.17. The summed E-state index contributed by atoms with van der Waals surface area (Å²) >= 11 is 0. The molecule has 7 heteroatoms. The molecule has 0 unspecified atom stereocenters. The van der Waals surface area contributed by atoms with Gasteiger partial charge in [-0.3, -0.25) is 9.59 Å². The number of pyridine rings is 1. The van der Waals surface area contributed by atoms with Crippen LogP contribution in [0.5, 0.6) is 0 Å². The quantitative estimate of drug-likeness (QED) is 0.750. The third kappa shape index (κ3) is 3.94. The number of aryl methyl sites for hydroxylation is 3. The van der Waals surface area contributed by atoms with Gasteiger partial charge in [-0.25, -0.2) is 4.98 Å². The summed E-state index contributed by atoms with van der Waals surface area (Å²) in [4.78, 5) is 28.9. The van der Waals surface area contributed by atoms with Crippen molar-refractivity contribution in [1.29, 1.82) is 0 Å². The van der Waals surface area contributed by atoms with Gasteiger partial charge in [-0.15, -0.1) is 0 Å². The molecule has 0 saturated carbocycles. The van der Waals surface area contributed by atoms with Crippen LogP contribution in [0.1, 0.15) is 37.9 Å². The Bertz CT molecular complexity index is 978. The monoisotopic (exact) mass is 350 g/mol. The predicted molar refractivity (Wildman–Crippen MR) is 97.3 cm³/mol. The summed E-state index contributed by atoms with van der Waals surface area (Å²) in [6.45, 7) is 5.58. The van der Waals surface area contributed by atoms with Crippen LogP contribution < -0.4 is 10.6 Å². The largest absolute Gasteiger partial charge is 0.360 e. The van der Waals surface area contributed by atoms with Gasteiger partial charge in [0.2, 0.25) is 0 Å². The van der Waals surface area contributed by atoms with Gasteiger partial charge in [0.15, 0.2) is 5.82 Å². The molecular weight excluding hydrogens is 332 g/mol. The molecule has 3 rings (SSSR count). The number of hydrogen-bond donors (Lipinski definition) is 2. The smallest absolute Gasteiger partial charge is 0.275 e. The average Bonchev–Trinajstić information content (AvgIpc) is 3.03. The SMILES string of the molecule is Cc1ccc(C)c(NC(=O)c2cccc(C(=O)Nc3cc(C)on3)n2)c1. The van der Waals surface area contributed by atoms with Crippen molar-refractivity contribution in [3.05, 3.63) is 70.7 Å². The Kier molecular flexibility index (Phi) is 4.79. The van der Waals surface area contributed by atoms with E-state index in [0.29, 0.717) is 17.3 Å². The highest BCUT2D eigenvalue weighted by Gasteiger charge is 2.14. The van der Waals surface area contributed by atoms with E-state index < -0.39 is 5.91 Å². The van der Waals surface area contributed by atoms with Gasteiger partial charge >= 0.3 is 0 Å². The molecule has 0 aliphatic rings. The van der Waals surface area contributed by atoms with E-state index in [2.05, 4.69) is 20.8 Å². The topological polar surface area (TPSA) is 97.1 Å². The van der Waals surface area contributed by atoms with Crippen molar-refractivity contribution in [3.8, 4) is 0 Å². The third-order valence-corrected chi connectivity index (χ3v) is 3.73. The highest BCUT2D eigenvalue weighted by atomic mass is 16.5. The molecule has 0 atom stereocenters. The lowest BCUT2D eigenvalue weighted by Gasteiger charge is -2.09. The highest BCUT2D eigenvalue weighted by molar-refractivity contribution is 6.06. The maximum Gasteiger partial charge on any atom is 0.275 e. The zero-order valence-corrected chi connectivity index (χ0v) is 14.7. The molecule has 2 amide bonds. The molecule has 132 valence electrons. The molecule has 2 aromatic heterocycles. The van der Waals surface area contributed by atoms with Crippen LogP contribution in [-0.4, -0.2) is 22.0 Å². The van der Waals surface area contributed by atoms with Gasteiger partial charge in [0.1, 0.15) is 17.1 Å². The second kappa shape index (κ2) is 7.18. The Hall–Kier alpha value is -3.48. The van der Waals surface area contributed by atoms with Crippen LogP contribution in [0.3, 0.4) is 0 Å². The number of nitrogens with one attached hydrogen (secondary N) is 2. The molecular formula is C19H18N4O3. The summed E-state index contributed by atoms with van der Waals surface area (Å²) in [5.74, 6) is 0.0137. The van der Waals surface area contributed by atoms with Crippen molar-refractivity contribution in [2.24, 2.45) is 0 Å². The Morgan fingerprint density at radius 1 is 0.923 bits per heavy atom. The Balaban J connectivity index is 1.76. The van der Waals surface area contributed by atoms with Crippen LogP contribution in [0.2, 0.25) is 0 Å². The molecule has 2 N–H and O–H groups in total. The molecule has 3 aromatic rings. The summed E-state index contributed by atoms with van der Waals surface area (Å²) in [6, 6.07) is 12.1. The number of benzene rings is 1. The first-order valence-corrected chi connectivity index (χ1v) is 8.03. The van der Waals surface area contributed by atoms with Gasteiger partial charge in [-0.1, -0.05) is 23.4 Å². The molecule has 2 heterocycles. The van der Waals surface area contributed by atoms with Gasteiger partial charge in [0, 0.05) is 11.8 Å². The van der Waals surface area contributed by atoms with Crippen LogP contribution in [0.15, 0.2) is 47.0 Å². The fraction of sp³-hybridized carbons (Fsp3) is 0.158. The summed E-state index contributed by atoms with van der Waals surface area (Å²) in [7, 11) is 0. The predicted octanol–water partition coefficient (Wildman–Crippen LogP) is 3.50. The molecule has 0 radical (unpaired) electrons. The van der Waals surface area contributed by atoms with Crippen molar-refractivity contribution in [2.75, 3.05) is 10.6 Å². The van der Waals surface area contributed by atoms with E-state index >= 15 is 0 Å². The van der Waals surface area contributed by atoms with Crippen molar-refractivity contribution in [3.63, 3.8) is 0 Å². The average molecular weight is 350 g/mol. The van der Waals surface area contributed by atoms with Crippen LogP contribution >= 0.6 is 0 Å². The normalized spacial score (nSPS) is 10.4. The van der Waals surface area contributed by atoms with Crippen LogP contribution in [0.25, 0.3) is 0 Å². The number of carbonyl (C=O) groups excluding carboxylic acids is 2. The van der Waals surface area contributed by atoms with E-state index in [-0.39, 0.29) is 17.3 Å². The van der Waals surface area contributed by atoms with Gasteiger partial charge in [-0.2, -0.15) is 0 Å². The summed E-state index contributed by atoms with van der Waals surface area (Å²) < 4.78 is 4.90. The van der Waals surface area contributed by atoms with Crippen molar-refractivity contribution in [1.82, 2.24) is 10.1 Å². The summed E-state index contributed by atoms with van der Waals surface area (Å²) in [5.41, 5.74) is 2.95. The molecule has 26 heavy (non-hydrogen) atoms. The summed E-state index contributed by atoms with van der Waals surface area (Å²) in [6.07, 6.45) is 0. The van der Waals surface area contributed by atoms with E-state index in [0.717, 1.165) is 11.1 Å². The number of anilines is 2. The molecule has 0 aliphatic heterocycles. The van der Waals surface area contributed by atoms with E-state index in [1.807, 2.05) is 32.0 Å². The Morgan fingerprint density at radius 3 is 2.27 bits per heavy atom. The van der Waals surface area contributed by atoms with Gasteiger partial charge < -0.3 is 15.2 Å². The van der Waals surface area contributed by atoms with E-state index in [1.165, 1.54) is 6.07 Å². The lowest BCUT2D eigenvalue weighted by atomic mass is 10.1. The minimum atomic E-state index is -0.473. The molecule has 7 nitrogen and oxygen atoms in total. The molecule has 1 aromatic carbocycles. The molecule has 0 bridgehead atoms. The zero-order valence-electron chi connectivity index (χ0n) is 14.7. The first-order chi connectivity index (χ1) is 12.4. The number of hydrogen-bond acceptors (Lipinski definition) is 5. The van der Waals surface area contributed by atoms with Gasteiger partial charge in [-0.05, 0) is 50.1 Å². The standard InChI is InChI=1S/C19H18N4O3/c1-11-7-8-12(2)16(9-11)21-18(24)14-5-4-6-15(20-14)19(25)22-17-10-13(3)26-23-17/h4-10H,1-3H3,(H,21,24)(H,22,23,25). The molecule has 0 fully saturated rings. The molecule has 0 aliphatic carbocycles. The van der Waals surface area contributed by atoms with E-state index in [4.69, 9.17) is 4.52 Å². The maximum atomic E-state index is 12.5. The Morgan fingerprint density at radius 2 is 1.62 bits per heavy atom. The zero-order chi connectivity index (χ0) is 18.7. The minimum Gasteiger partial charge on any atom is -0.360 e. The van der Waals surface area contributed by atoms with Gasteiger partial charge in [0.25, 0.3) is 11.8 Å². The second-order valence-electron chi connectivity index (χ2n) is 5.96. The van der Waals surface area contributed by atoms with Crippen LogP contribution in [-0.2, 0) is 0 Å². The number of nitrogens with zero attached hydrogens (tertiary/aromatic N) is 2. The van der Waals surface area contributed by atoms with Crippen LogP contribution in [0, 0.1) is 20.8 Å². The fourth-order valence-corrected chi connectivity index (χ4v) is 2.35. The van der Waals surface area contributed by atoms with Crippen molar-refractivity contribution >= 4 is 23.3 Å². The number of rotatable bonds is 4.